The molecule has 2 aromatic heterocycles. The molecular weight excluding hydrogens is 397 g/mol. The predicted molar refractivity (Wildman–Crippen MR) is 107 cm³/mol. The summed E-state index contributed by atoms with van der Waals surface area (Å²) >= 11 is 0. The minimum absolute atomic E-state index is 0. The summed E-state index contributed by atoms with van der Waals surface area (Å²) in [4.78, 5) is 19.2. The van der Waals surface area contributed by atoms with E-state index in [0.29, 0.717) is 17.0 Å². The summed E-state index contributed by atoms with van der Waals surface area (Å²) in [6.45, 7) is 5.26. The quantitative estimate of drug-likeness (QED) is 0.600. The van der Waals surface area contributed by atoms with Crippen LogP contribution in [0, 0.1) is 12.7 Å². The first-order valence-electron chi connectivity index (χ1n) is 9.15. The number of amides is 1. The van der Waals surface area contributed by atoms with Crippen LogP contribution >= 0.6 is 0 Å². The van der Waals surface area contributed by atoms with Gasteiger partial charge in [0.25, 0.3) is 5.91 Å². The van der Waals surface area contributed by atoms with E-state index >= 15 is 0 Å². The number of benzene rings is 1. The van der Waals surface area contributed by atoms with Crippen molar-refractivity contribution in [3.63, 3.8) is 0 Å². The minimum Gasteiger partial charge on any atom is -1.00 e. The van der Waals surface area contributed by atoms with Crippen LogP contribution in [0.25, 0.3) is 5.65 Å². The van der Waals surface area contributed by atoms with Crippen molar-refractivity contribution in [2.24, 2.45) is 0 Å². The third kappa shape index (κ3) is 4.28. The molecule has 2 N–H and O–H groups in total. The number of carbonyl (C=O) groups is 1. The SMILES string of the molecule is COc1cc2nc(C)cn2cc1C(=O)Nc1ccc(N2CCNCC2)cc1F.[Cl-].[H+]. The van der Waals surface area contributed by atoms with Gasteiger partial charge in [-0.05, 0) is 25.1 Å². The van der Waals surface area contributed by atoms with Crippen LogP contribution in [0.2, 0.25) is 0 Å². The number of aryl methyl sites for hydroxylation is 1. The number of halogens is 2. The number of hydrogen-bond acceptors (Lipinski definition) is 5. The first-order chi connectivity index (χ1) is 13.5. The summed E-state index contributed by atoms with van der Waals surface area (Å²) in [6.07, 6.45) is 3.45. The fourth-order valence-electron chi connectivity index (χ4n) is 3.40. The summed E-state index contributed by atoms with van der Waals surface area (Å²) in [6, 6.07) is 6.56. The van der Waals surface area contributed by atoms with Crippen LogP contribution in [0.5, 0.6) is 5.75 Å². The lowest BCUT2D eigenvalue weighted by Gasteiger charge is -2.29. The van der Waals surface area contributed by atoms with E-state index in [1.807, 2.05) is 19.2 Å². The zero-order valence-corrected chi connectivity index (χ0v) is 17.0. The van der Waals surface area contributed by atoms with Crippen molar-refractivity contribution >= 4 is 22.9 Å². The molecule has 1 aromatic carbocycles. The summed E-state index contributed by atoms with van der Waals surface area (Å²) < 4.78 is 21.7. The van der Waals surface area contributed by atoms with Gasteiger partial charge in [0.2, 0.25) is 0 Å². The van der Waals surface area contributed by atoms with Gasteiger partial charge in [0.15, 0.2) is 0 Å². The number of nitrogens with one attached hydrogen (secondary N) is 2. The third-order valence-electron chi connectivity index (χ3n) is 4.82. The Morgan fingerprint density at radius 3 is 2.72 bits per heavy atom. The molecule has 0 saturated carbocycles. The number of aromatic nitrogens is 2. The van der Waals surface area contributed by atoms with Crippen LogP contribution in [0.1, 0.15) is 17.5 Å². The molecule has 3 aromatic rings. The monoisotopic (exact) mass is 419 g/mol. The average Bonchev–Trinajstić information content (AvgIpc) is 3.08. The van der Waals surface area contributed by atoms with Crippen molar-refractivity contribution in [1.29, 1.82) is 0 Å². The fraction of sp³-hybridized carbons (Fsp3) is 0.300. The van der Waals surface area contributed by atoms with Crippen molar-refractivity contribution in [2.45, 2.75) is 6.92 Å². The van der Waals surface area contributed by atoms with Gasteiger partial charge in [0.1, 0.15) is 17.2 Å². The highest BCUT2D eigenvalue weighted by atomic mass is 35.5. The molecule has 1 saturated heterocycles. The predicted octanol–water partition coefficient (Wildman–Crippen LogP) is -0.431. The van der Waals surface area contributed by atoms with E-state index < -0.39 is 11.7 Å². The van der Waals surface area contributed by atoms with Crippen molar-refractivity contribution in [1.82, 2.24) is 14.7 Å². The molecule has 0 unspecified atom stereocenters. The summed E-state index contributed by atoms with van der Waals surface area (Å²) in [5.41, 5.74) is 2.75. The highest BCUT2D eigenvalue weighted by Gasteiger charge is 2.18. The highest BCUT2D eigenvalue weighted by molar-refractivity contribution is 6.06. The number of anilines is 2. The van der Waals surface area contributed by atoms with Gasteiger partial charge in [0, 0.05) is 50.3 Å². The van der Waals surface area contributed by atoms with E-state index in [9.17, 15) is 9.18 Å². The van der Waals surface area contributed by atoms with Crippen LogP contribution in [0.3, 0.4) is 0 Å². The number of carbonyl (C=O) groups excluding carboxylic acids is 1. The Labute approximate surface area is 175 Å². The van der Waals surface area contributed by atoms with E-state index in [1.54, 1.807) is 22.7 Å². The third-order valence-corrected chi connectivity index (χ3v) is 4.82. The van der Waals surface area contributed by atoms with E-state index in [1.165, 1.54) is 13.2 Å². The average molecular weight is 420 g/mol. The molecule has 29 heavy (non-hydrogen) atoms. The number of nitrogens with zero attached hydrogens (tertiary/aromatic N) is 3. The Kier molecular flexibility index (Phi) is 6.24. The lowest BCUT2D eigenvalue weighted by molar-refractivity contribution is -0.0000145. The topological polar surface area (TPSA) is 70.9 Å². The van der Waals surface area contributed by atoms with E-state index in [2.05, 4.69) is 20.5 Å². The molecule has 0 radical (unpaired) electrons. The van der Waals surface area contributed by atoms with E-state index in [4.69, 9.17) is 4.74 Å². The first kappa shape index (κ1) is 20.9. The maximum absolute atomic E-state index is 14.6. The largest absolute Gasteiger partial charge is 1.00 e. The molecule has 1 aliphatic rings. The van der Waals surface area contributed by atoms with Crippen molar-refractivity contribution in [2.75, 3.05) is 43.5 Å². The maximum atomic E-state index is 14.6. The molecular formula is C20H23ClFN5O2. The van der Waals surface area contributed by atoms with E-state index in [-0.39, 0.29) is 19.5 Å². The first-order valence-corrected chi connectivity index (χ1v) is 9.15. The number of fused-ring (bicyclic) bond motifs is 1. The van der Waals surface area contributed by atoms with Gasteiger partial charge < -0.3 is 37.1 Å². The van der Waals surface area contributed by atoms with Crippen LogP contribution in [0.4, 0.5) is 15.8 Å². The minimum atomic E-state index is -0.470. The molecule has 1 aliphatic heterocycles. The lowest BCUT2D eigenvalue weighted by atomic mass is 10.2. The second-order valence-corrected chi connectivity index (χ2v) is 6.76. The molecule has 9 heteroatoms. The van der Waals surface area contributed by atoms with Gasteiger partial charge in [-0.25, -0.2) is 9.37 Å². The second-order valence-electron chi connectivity index (χ2n) is 6.76. The summed E-state index contributed by atoms with van der Waals surface area (Å²) in [5.74, 6) is -0.532. The standard InChI is InChI=1S/C20H22FN5O2.ClH/c1-13-11-26-12-15(18(28-2)10-19(26)23-13)20(27)24-17-4-3-14(9-16(17)21)25-7-5-22-6-8-25;/h3-4,9-12,22H,5-8H2,1-2H3,(H,24,27);1H. The Hall–Kier alpha value is -2.84. The number of pyridine rings is 1. The van der Waals surface area contributed by atoms with Crippen molar-refractivity contribution < 1.29 is 27.8 Å². The van der Waals surface area contributed by atoms with Crippen LogP contribution in [-0.2, 0) is 0 Å². The summed E-state index contributed by atoms with van der Waals surface area (Å²) in [5, 5.41) is 5.91. The molecule has 1 fully saturated rings. The zero-order valence-electron chi connectivity index (χ0n) is 17.2. The van der Waals surface area contributed by atoms with Gasteiger partial charge in [-0.15, -0.1) is 0 Å². The fourth-order valence-corrected chi connectivity index (χ4v) is 3.40. The van der Waals surface area contributed by atoms with Gasteiger partial charge in [-0.1, -0.05) is 0 Å². The number of piperazine rings is 1. The number of ether oxygens (including phenoxy) is 1. The summed E-state index contributed by atoms with van der Waals surface area (Å²) in [7, 11) is 1.49. The normalized spacial score (nSPS) is 13.8. The Balaban J connectivity index is 0.00000160. The molecule has 0 atom stereocenters. The number of rotatable bonds is 4. The molecule has 154 valence electrons. The Morgan fingerprint density at radius 1 is 1.28 bits per heavy atom. The van der Waals surface area contributed by atoms with Crippen molar-refractivity contribution in [3.05, 3.63) is 53.7 Å². The number of imidazole rings is 1. The zero-order chi connectivity index (χ0) is 19.7. The Bertz CT molecular complexity index is 1040. The maximum Gasteiger partial charge on any atom is 1.00 e. The van der Waals surface area contributed by atoms with Crippen LogP contribution in [-0.4, -0.2) is 48.6 Å². The van der Waals surface area contributed by atoms with Crippen molar-refractivity contribution in [3.8, 4) is 5.75 Å². The lowest BCUT2D eigenvalue weighted by Crippen LogP contribution is -3.00. The van der Waals surface area contributed by atoms with Gasteiger partial charge in [0.05, 0.1) is 24.1 Å². The van der Waals surface area contributed by atoms with Gasteiger partial charge in [-0.2, -0.15) is 0 Å². The highest BCUT2D eigenvalue weighted by Crippen LogP contribution is 2.25. The number of hydrogen-bond donors (Lipinski definition) is 2. The van der Waals surface area contributed by atoms with Crippen LogP contribution < -0.4 is 32.7 Å². The Morgan fingerprint density at radius 2 is 2.03 bits per heavy atom. The molecule has 4 rings (SSSR count). The second kappa shape index (κ2) is 8.67. The van der Waals surface area contributed by atoms with Gasteiger partial charge >= 0.3 is 1.43 Å². The molecule has 3 heterocycles. The smallest absolute Gasteiger partial charge is 1.00 e. The van der Waals surface area contributed by atoms with Crippen LogP contribution in [0.15, 0.2) is 36.7 Å². The molecule has 1 amide bonds. The van der Waals surface area contributed by atoms with E-state index in [0.717, 1.165) is 37.6 Å². The molecule has 7 nitrogen and oxygen atoms in total. The van der Waals surface area contributed by atoms with Gasteiger partial charge in [-0.3, -0.25) is 4.79 Å². The molecule has 0 bridgehead atoms. The molecule has 0 aliphatic carbocycles. The number of methoxy groups -OCH3 is 1. The molecule has 0 spiro atoms.